The normalized spacial score (nSPS) is 11.9. The number of ether oxygens (including phenoxy) is 2. The first-order chi connectivity index (χ1) is 9.07. The summed E-state index contributed by atoms with van der Waals surface area (Å²) in [5, 5.41) is 0. The average molecular weight is 279 g/mol. The van der Waals surface area contributed by atoms with E-state index in [1.807, 2.05) is 53.7 Å². The van der Waals surface area contributed by atoms with Crippen LogP contribution >= 0.6 is 0 Å². The highest BCUT2D eigenvalue weighted by Gasteiger charge is 2.37. The van der Waals surface area contributed by atoms with E-state index in [4.69, 9.17) is 9.47 Å². The molecule has 0 N–H and O–H groups in total. The summed E-state index contributed by atoms with van der Waals surface area (Å²) in [5.41, 5.74) is -0.672. The van der Waals surface area contributed by atoms with Crippen LogP contribution in [-0.2, 0) is 0 Å². The fourth-order valence-corrected chi connectivity index (χ4v) is 2.40. The van der Waals surface area contributed by atoms with Crippen molar-refractivity contribution >= 4 is 6.09 Å². The molecule has 4 nitrogen and oxygen atoms in total. The molecular formula is C16H25NO3. The molecule has 0 aliphatic carbocycles. The fourth-order valence-electron chi connectivity index (χ4n) is 2.40. The van der Waals surface area contributed by atoms with E-state index >= 15 is 0 Å². The number of hydrogen-bond acceptors (Lipinski definition) is 3. The molecule has 1 aromatic rings. The lowest BCUT2D eigenvalue weighted by molar-refractivity contribution is 0.0462. The van der Waals surface area contributed by atoms with Crippen LogP contribution < -0.4 is 9.47 Å². The first kappa shape index (κ1) is 16.3. The molecule has 0 saturated carbocycles. The number of amides is 1. The summed E-state index contributed by atoms with van der Waals surface area (Å²) in [4.78, 5) is 14.3. The summed E-state index contributed by atoms with van der Waals surface area (Å²) in [7, 11) is 1.55. The van der Waals surface area contributed by atoms with Gasteiger partial charge in [0.1, 0.15) is 0 Å². The second kappa shape index (κ2) is 5.73. The van der Waals surface area contributed by atoms with Crippen molar-refractivity contribution < 1.29 is 14.3 Å². The molecule has 0 heterocycles. The van der Waals surface area contributed by atoms with Gasteiger partial charge in [0, 0.05) is 11.1 Å². The molecule has 0 aromatic heterocycles. The van der Waals surface area contributed by atoms with Gasteiger partial charge in [0.25, 0.3) is 0 Å². The maximum atomic E-state index is 12.5. The Morgan fingerprint density at radius 1 is 0.950 bits per heavy atom. The monoisotopic (exact) mass is 279 g/mol. The van der Waals surface area contributed by atoms with Gasteiger partial charge < -0.3 is 9.47 Å². The number of hydrogen-bond donors (Lipinski definition) is 0. The summed E-state index contributed by atoms with van der Waals surface area (Å²) >= 11 is 0. The predicted molar refractivity (Wildman–Crippen MR) is 80.4 cm³/mol. The SMILES string of the molecule is COc1ccccc1OC(=O)N(C(C)(C)C)C(C)(C)C. The third kappa shape index (κ3) is 3.89. The standard InChI is InChI=1S/C16H25NO3/c1-15(2,3)17(16(4,5)6)14(18)20-13-11-9-8-10-12(13)19-7/h8-11H,1-7H3. The van der Waals surface area contributed by atoms with Crippen LogP contribution in [0.2, 0.25) is 0 Å². The van der Waals surface area contributed by atoms with Gasteiger partial charge in [-0.1, -0.05) is 12.1 Å². The lowest BCUT2D eigenvalue weighted by Crippen LogP contribution is -2.56. The first-order valence-electron chi connectivity index (χ1n) is 6.72. The van der Waals surface area contributed by atoms with E-state index in [-0.39, 0.29) is 17.2 Å². The zero-order chi connectivity index (χ0) is 15.6. The Kier molecular flexibility index (Phi) is 4.69. The van der Waals surface area contributed by atoms with Gasteiger partial charge in [0.15, 0.2) is 11.5 Å². The van der Waals surface area contributed by atoms with Gasteiger partial charge in [-0.05, 0) is 53.7 Å². The minimum absolute atomic E-state index is 0.336. The van der Waals surface area contributed by atoms with E-state index in [1.54, 1.807) is 24.1 Å². The minimum atomic E-state index is -0.380. The van der Waals surface area contributed by atoms with Crippen molar-refractivity contribution in [1.29, 1.82) is 0 Å². The Bertz CT molecular complexity index is 455. The molecule has 0 spiro atoms. The topological polar surface area (TPSA) is 38.8 Å². The molecule has 0 aliphatic heterocycles. The molecule has 0 atom stereocenters. The molecule has 1 rings (SSSR count). The molecule has 0 saturated heterocycles. The zero-order valence-corrected chi connectivity index (χ0v) is 13.5. The molecule has 1 amide bonds. The summed E-state index contributed by atoms with van der Waals surface area (Å²) in [6.45, 7) is 11.9. The number of rotatable bonds is 2. The van der Waals surface area contributed by atoms with Crippen LogP contribution in [0.25, 0.3) is 0 Å². The van der Waals surface area contributed by atoms with Crippen molar-refractivity contribution in [2.24, 2.45) is 0 Å². The number of carbonyl (C=O) groups excluding carboxylic acids is 1. The lowest BCUT2D eigenvalue weighted by Gasteiger charge is -2.44. The molecule has 112 valence electrons. The Morgan fingerprint density at radius 2 is 1.40 bits per heavy atom. The van der Waals surface area contributed by atoms with Crippen LogP contribution in [0.5, 0.6) is 11.5 Å². The van der Waals surface area contributed by atoms with E-state index in [9.17, 15) is 4.79 Å². The Balaban J connectivity index is 3.04. The smallest absolute Gasteiger partial charge is 0.416 e. The van der Waals surface area contributed by atoms with E-state index in [2.05, 4.69) is 0 Å². The number of nitrogens with zero attached hydrogens (tertiary/aromatic N) is 1. The van der Waals surface area contributed by atoms with Crippen molar-refractivity contribution in [1.82, 2.24) is 4.90 Å². The molecule has 1 aromatic carbocycles. The average Bonchev–Trinajstić information content (AvgIpc) is 2.25. The van der Waals surface area contributed by atoms with E-state index in [0.717, 1.165) is 0 Å². The third-order valence-electron chi connectivity index (χ3n) is 2.79. The summed E-state index contributed by atoms with van der Waals surface area (Å²) in [6, 6.07) is 7.13. The van der Waals surface area contributed by atoms with Crippen molar-refractivity contribution in [3.05, 3.63) is 24.3 Å². The Labute approximate surface area is 121 Å². The molecule has 0 aliphatic rings. The molecule has 0 radical (unpaired) electrons. The fraction of sp³-hybridized carbons (Fsp3) is 0.562. The van der Waals surface area contributed by atoms with Crippen LogP contribution in [0.4, 0.5) is 4.79 Å². The highest BCUT2D eigenvalue weighted by atomic mass is 16.6. The largest absolute Gasteiger partial charge is 0.493 e. The van der Waals surface area contributed by atoms with E-state index in [1.165, 1.54) is 0 Å². The summed E-state index contributed by atoms with van der Waals surface area (Å²) in [5.74, 6) is 0.974. The van der Waals surface area contributed by atoms with Crippen molar-refractivity contribution in [2.45, 2.75) is 52.6 Å². The van der Waals surface area contributed by atoms with Crippen LogP contribution in [0.15, 0.2) is 24.3 Å². The molecule has 0 fully saturated rings. The number of methoxy groups -OCH3 is 1. The van der Waals surface area contributed by atoms with Crippen LogP contribution in [0, 0.1) is 0 Å². The third-order valence-corrected chi connectivity index (χ3v) is 2.79. The molecule has 0 bridgehead atoms. The summed E-state index contributed by atoms with van der Waals surface area (Å²) < 4.78 is 10.7. The Morgan fingerprint density at radius 3 is 1.80 bits per heavy atom. The molecule has 20 heavy (non-hydrogen) atoms. The zero-order valence-electron chi connectivity index (χ0n) is 13.5. The second-order valence-corrected chi connectivity index (χ2v) is 6.70. The Hall–Kier alpha value is -1.71. The second-order valence-electron chi connectivity index (χ2n) is 6.70. The van der Waals surface area contributed by atoms with Gasteiger partial charge in [-0.25, -0.2) is 4.79 Å². The number of carbonyl (C=O) groups is 1. The molecular weight excluding hydrogens is 254 g/mol. The highest BCUT2D eigenvalue weighted by Crippen LogP contribution is 2.30. The van der Waals surface area contributed by atoms with Crippen molar-refractivity contribution in [3.8, 4) is 11.5 Å². The predicted octanol–water partition coefficient (Wildman–Crippen LogP) is 4.09. The van der Waals surface area contributed by atoms with Gasteiger partial charge in [-0.15, -0.1) is 0 Å². The lowest BCUT2D eigenvalue weighted by atomic mass is 9.97. The molecule has 0 unspecified atom stereocenters. The van der Waals surface area contributed by atoms with Crippen LogP contribution in [0.1, 0.15) is 41.5 Å². The number of benzene rings is 1. The van der Waals surface area contributed by atoms with Crippen molar-refractivity contribution in [2.75, 3.05) is 7.11 Å². The van der Waals surface area contributed by atoms with Gasteiger partial charge >= 0.3 is 6.09 Å². The maximum absolute atomic E-state index is 12.5. The van der Waals surface area contributed by atoms with Gasteiger partial charge in [-0.2, -0.15) is 0 Å². The number of para-hydroxylation sites is 2. The maximum Gasteiger partial charge on any atom is 0.416 e. The van der Waals surface area contributed by atoms with Crippen LogP contribution in [0.3, 0.4) is 0 Å². The molecule has 4 heteroatoms. The van der Waals surface area contributed by atoms with Gasteiger partial charge in [0.2, 0.25) is 0 Å². The van der Waals surface area contributed by atoms with Gasteiger partial charge in [0.05, 0.1) is 7.11 Å². The first-order valence-corrected chi connectivity index (χ1v) is 6.72. The van der Waals surface area contributed by atoms with Crippen LogP contribution in [-0.4, -0.2) is 29.2 Å². The van der Waals surface area contributed by atoms with E-state index in [0.29, 0.717) is 11.5 Å². The highest BCUT2D eigenvalue weighted by molar-refractivity contribution is 5.73. The minimum Gasteiger partial charge on any atom is -0.493 e. The van der Waals surface area contributed by atoms with E-state index < -0.39 is 0 Å². The van der Waals surface area contributed by atoms with Gasteiger partial charge in [-0.3, -0.25) is 4.90 Å². The van der Waals surface area contributed by atoms with Crippen molar-refractivity contribution in [3.63, 3.8) is 0 Å². The summed E-state index contributed by atoms with van der Waals surface area (Å²) in [6.07, 6.45) is -0.380. The quantitative estimate of drug-likeness (QED) is 0.818.